The Morgan fingerprint density at radius 3 is 2.86 bits per heavy atom. The van der Waals surface area contributed by atoms with Crippen molar-refractivity contribution in [1.29, 1.82) is 0 Å². The molecule has 4 nitrogen and oxygen atoms in total. The van der Waals surface area contributed by atoms with Gasteiger partial charge in [0.2, 0.25) is 0 Å². The van der Waals surface area contributed by atoms with Gasteiger partial charge in [-0.3, -0.25) is 4.79 Å². The number of ether oxygens (including phenoxy) is 1. The summed E-state index contributed by atoms with van der Waals surface area (Å²) in [6, 6.07) is 4.70. The first-order valence-electron chi connectivity index (χ1n) is 7.52. The van der Waals surface area contributed by atoms with Gasteiger partial charge < -0.3 is 15.2 Å². The summed E-state index contributed by atoms with van der Waals surface area (Å²) >= 11 is 0. The molecule has 0 bridgehead atoms. The van der Waals surface area contributed by atoms with Crippen LogP contribution in [-0.2, 0) is 11.2 Å². The quantitative estimate of drug-likeness (QED) is 0.895. The third-order valence-electron chi connectivity index (χ3n) is 4.38. The molecular formula is C16H20FNO3. The maximum absolute atomic E-state index is 13.6. The monoisotopic (exact) mass is 293 g/mol. The van der Waals surface area contributed by atoms with E-state index in [1.807, 2.05) is 0 Å². The summed E-state index contributed by atoms with van der Waals surface area (Å²) in [4.78, 5) is 12.1. The molecule has 114 valence electrons. The van der Waals surface area contributed by atoms with Crippen LogP contribution in [0.2, 0.25) is 0 Å². The standard InChI is InChI=1S/C16H20FNO3/c17-12-6-4-5-11-9-13(21-14(11)12)15(19)18-10-16(20)7-2-1-3-8-16/h4-6,13,20H,1-3,7-10H2,(H,18,19). The molecule has 1 aromatic rings. The third-order valence-corrected chi connectivity index (χ3v) is 4.38. The third kappa shape index (κ3) is 3.02. The van der Waals surface area contributed by atoms with Crippen molar-refractivity contribution in [2.75, 3.05) is 6.54 Å². The van der Waals surface area contributed by atoms with E-state index < -0.39 is 17.5 Å². The number of para-hydroxylation sites is 1. The van der Waals surface area contributed by atoms with Gasteiger partial charge in [0.15, 0.2) is 17.7 Å². The molecule has 1 heterocycles. The summed E-state index contributed by atoms with van der Waals surface area (Å²) in [5.41, 5.74) is -0.0866. The topological polar surface area (TPSA) is 58.6 Å². The Balaban J connectivity index is 1.57. The van der Waals surface area contributed by atoms with Crippen LogP contribution < -0.4 is 10.1 Å². The van der Waals surface area contributed by atoms with Gasteiger partial charge in [0, 0.05) is 18.5 Å². The predicted molar refractivity (Wildman–Crippen MR) is 75.6 cm³/mol. The van der Waals surface area contributed by atoms with E-state index >= 15 is 0 Å². The van der Waals surface area contributed by atoms with E-state index in [1.165, 1.54) is 6.07 Å². The van der Waals surface area contributed by atoms with Crippen LogP contribution in [0, 0.1) is 5.82 Å². The van der Waals surface area contributed by atoms with Crippen LogP contribution >= 0.6 is 0 Å². The first-order chi connectivity index (χ1) is 10.1. The Bertz CT molecular complexity index is 540. The fourth-order valence-corrected chi connectivity index (χ4v) is 3.13. The number of aliphatic hydroxyl groups is 1. The molecule has 1 fully saturated rings. The molecule has 1 aliphatic heterocycles. The maximum atomic E-state index is 13.6. The highest BCUT2D eigenvalue weighted by Crippen LogP contribution is 2.32. The number of amides is 1. The van der Waals surface area contributed by atoms with E-state index in [-0.39, 0.29) is 18.2 Å². The van der Waals surface area contributed by atoms with Gasteiger partial charge in [0.1, 0.15) is 0 Å². The number of nitrogens with one attached hydrogen (secondary N) is 1. The number of benzene rings is 1. The van der Waals surface area contributed by atoms with E-state index in [2.05, 4.69) is 5.32 Å². The average molecular weight is 293 g/mol. The second-order valence-electron chi connectivity index (χ2n) is 6.04. The minimum Gasteiger partial charge on any atom is -0.477 e. The van der Waals surface area contributed by atoms with Crippen LogP contribution in [0.15, 0.2) is 18.2 Å². The zero-order valence-electron chi connectivity index (χ0n) is 11.9. The van der Waals surface area contributed by atoms with Crippen LogP contribution in [-0.4, -0.2) is 29.3 Å². The second-order valence-corrected chi connectivity index (χ2v) is 6.04. The smallest absolute Gasteiger partial charge is 0.261 e. The normalized spacial score (nSPS) is 23.2. The highest BCUT2D eigenvalue weighted by Gasteiger charge is 2.34. The molecule has 0 saturated heterocycles. The van der Waals surface area contributed by atoms with Gasteiger partial charge in [0.05, 0.1) is 5.60 Å². The first kappa shape index (κ1) is 14.3. The number of carbonyl (C=O) groups is 1. The zero-order chi connectivity index (χ0) is 14.9. The molecule has 1 atom stereocenters. The minimum atomic E-state index is -0.801. The number of fused-ring (bicyclic) bond motifs is 1. The number of hydrogen-bond acceptors (Lipinski definition) is 3. The van der Waals surface area contributed by atoms with E-state index in [4.69, 9.17) is 4.74 Å². The van der Waals surface area contributed by atoms with Crippen molar-refractivity contribution in [3.63, 3.8) is 0 Å². The van der Waals surface area contributed by atoms with Crippen LogP contribution in [0.5, 0.6) is 5.75 Å². The fraction of sp³-hybridized carbons (Fsp3) is 0.562. The van der Waals surface area contributed by atoms with E-state index in [1.54, 1.807) is 12.1 Å². The van der Waals surface area contributed by atoms with Crippen molar-refractivity contribution in [2.45, 2.75) is 50.2 Å². The highest BCUT2D eigenvalue weighted by atomic mass is 19.1. The van der Waals surface area contributed by atoms with Crippen molar-refractivity contribution in [1.82, 2.24) is 5.32 Å². The summed E-state index contributed by atoms with van der Waals surface area (Å²) in [5.74, 6) is -0.549. The van der Waals surface area contributed by atoms with Crippen LogP contribution in [0.3, 0.4) is 0 Å². The fourth-order valence-electron chi connectivity index (χ4n) is 3.13. The van der Waals surface area contributed by atoms with Crippen LogP contribution in [0.25, 0.3) is 0 Å². The molecule has 2 N–H and O–H groups in total. The molecule has 1 aliphatic carbocycles. The van der Waals surface area contributed by atoms with E-state index in [0.29, 0.717) is 24.8 Å². The lowest BCUT2D eigenvalue weighted by atomic mass is 9.85. The Morgan fingerprint density at radius 1 is 1.38 bits per heavy atom. The largest absolute Gasteiger partial charge is 0.477 e. The summed E-state index contributed by atoms with van der Waals surface area (Å²) in [7, 11) is 0. The molecule has 21 heavy (non-hydrogen) atoms. The lowest BCUT2D eigenvalue weighted by molar-refractivity contribution is -0.128. The van der Waals surface area contributed by atoms with Crippen LogP contribution in [0.4, 0.5) is 4.39 Å². The van der Waals surface area contributed by atoms with Crippen LogP contribution in [0.1, 0.15) is 37.7 Å². The molecule has 1 saturated carbocycles. The van der Waals surface area contributed by atoms with Crippen molar-refractivity contribution < 1.29 is 19.0 Å². The molecule has 1 unspecified atom stereocenters. The number of carbonyl (C=O) groups excluding carboxylic acids is 1. The zero-order valence-corrected chi connectivity index (χ0v) is 11.9. The van der Waals surface area contributed by atoms with Gasteiger partial charge in [-0.05, 0) is 18.9 Å². The molecular weight excluding hydrogens is 273 g/mol. The van der Waals surface area contributed by atoms with Gasteiger partial charge in [-0.15, -0.1) is 0 Å². The molecule has 0 spiro atoms. The van der Waals surface area contributed by atoms with Gasteiger partial charge in [-0.2, -0.15) is 0 Å². The SMILES string of the molecule is O=C(NCC1(O)CCCCC1)C1Cc2cccc(F)c2O1. The Labute approximate surface area is 123 Å². The summed E-state index contributed by atoms with van der Waals surface area (Å²) in [6.45, 7) is 0.241. The van der Waals surface area contributed by atoms with Gasteiger partial charge >= 0.3 is 0 Å². The molecule has 0 aromatic heterocycles. The average Bonchev–Trinajstić information content (AvgIpc) is 2.91. The minimum absolute atomic E-state index is 0.175. The Morgan fingerprint density at radius 2 is 2.14 bits per heavy atom. The molecule has 2 aliphatic rings. The van der Waals surface area contributed by atoms with Gasteiger partial charge in [0.25, 0.3) is 5.91 Å². The lowest BCUT2D eigenvalue weighted by Gasteiger charge is -2.32. The van der Waals surface area contributed by atoms with Crippen molar-refractivity contribution in [2.24, 2.45) is 0 Å². The number of hydrogen-bond donors (Lipinski definition) is 2. The maximum Gasteiger partial charge on any atom is 0.261 e. The Hall–Kier alpha value is -1.62. The predicted octanol–water partition coefficient (Wildman–Crippen LogP) is 1.94. The molecule has 1 amide bonds. The van der Waals surface area contributed by atoms with E-state index in [9.17, 15) is 14.3 Å². The number of rotatable bonds is 3. The summed E-state index contributed by atoms with van der Waals surface area (Å²) < 4.78 is 19.0. The van der Waals surface area contributed by atoms with Gasteiger partial charge in [-0.25, -0.2) is 4.39 Å². The molecule has 0 radical (unpaired) electrons. The first-order valence-corrected chi connectivity index (χ1v) is 7.52. The molecule has 5 heteroatoms. The van der Waals surface area contributed by atoms with E-state index in [0.717, 1.165) is 19.3 Å². The van der Waals surface area contributed by atoms with Crippen molar-refractivity contribution in [3.05, 3.63) is 29.6 Å². The Kier molecular flexibility index (Phi) is 3.85. The van der Waals surface area contributed by atoms with Gasteiger partial charge in [-0.1, -0.05) is 31.4 Å². The lowest BCUT2D eigenvalue weighted by Crippen LogP contribution is -2.47. The molecule has 1 aromatic carbocycles. The van der Waals surface area contributed by atoms with Crippen molar-refractivity contribution >= 4 is 5.91 Å². The number of halogens is 1. The highest BCUT2D eigenvalue weighted by molar-refractivity contribution is 5.82. The summed E-state index contributed by atoms with van der Waals surface area (Å²) in [5, 5.41) is 13.1. The molecule has 3 rings (SSSR count). The van der Waals surface area contributed by atoms with Crippen molar-refractivity contribution in [3.8, 4) is 5.75 Å². The second kappa shape index (κ2) is 5.64. The summed E-state index contributed by atoms with van der Waals surface area (Å²) in [6.07, 6.45) is 4.21.